The molecule has 0 saturated carbocycles. The fraction of sp³-hybridized carbons (Fsp3) is 0.280. The average Bonchev–Trinajstić information content (AvgIpc) is 2.78. The van der Waals surface area contributed by atoms with E-state index in [1.807, 2.05) is 24.3 Å². The van der Waals surface area contributed by atoms with Gasteiger partial charge in [-0.2, -0.15) is 0 Å². The first kappa shape index (κ1) is 21.3. The summed E-state index contributed by atoms with van der Waals surface area (Å²) in [4.78, 5) is 3.51. The van der Waals surface area contributed by atoms with Gasteiger partial charge in [-0.05, 0) is 54.8 Å². The molecule has 29 heavy (non-hydrogen) atoms. The number of thiol groups is 1. The van der Waals surface area contributed by atoms with Gasteiger partial charge in [-0.25, -0.2) is 0 Å². The number of anilines is 1. The number of rotatable bonds is 5. The minimum atomic E-state index is 0.615. The molecular weight excluding hydrogens is 376 g/mol. The van der Waals surface area contributed by atoms with Crippen LogP contribution in [0.5, 0.6) is 5.75 Å². The van der Waals surface area contributed by atoms with Crippen LogP contribution < -0.4 is 10.1 Å². The minimum absolute atomic E-state index is 0.615. The van der Waals surface area contributed by atoms with Crippen LogP contribution in [0.2, 0.25) is 0 Å². The Kier molecular flexibility index (Phi) is 8.47. The third-order valence-corrected chi connectivity index (χ3v) is 5.35. The normalized spacial score (nSPS) is 14.6. The first-order chi connectivity index (χ1) is 14.2. The Morgan fingerprint density at radius 3 is 2.03 bits per heavy atom. The zero-order chi connectivity index (χ0) is 20.3. The highest BCUT2D eigenvalue weighted by atomic mass is 32.1. The van der Waals surface area contributed by atoms with Crippen molar-refractivity contribution in [2.45, 2.75) is 30.3 Å². The fourth-order valence-electron chi connectivity index (χ4n) is 3.43. The molecule has 1 aliphatic rings. The Labute approximate surface area is 180 Å². The molecule has 0 atom stereocenters. The molecule has 1 heterocycles. The predicted molar refractivity (Wildman–Crippen MR) is 125 cm³/mol. The number of hydrogen-bond acceptors (Lipinski definition) is 4. The van der Waals surface area contributed by atoms with E-state index in [0.29, 0.717) is 6.04 Å². The zero-order valence-electron chi connectivity index (χ0n) is 17.0. The van der Waals surface area contributed by atoms with E-state index >= 15 is 0 Å². The quantitative estimate of drug-likeness (QED) is 0.528. The number of hydrogen-bond donors (Lipinski definition) is 2. The van der Waals surface area contributed by atoms with E-state index in [4.69, 9.17) is 4.74 Å². The van der Waals surface area contributed by atoms with Gasteiger partial charge in [-0.15, -0.1) is 12.6 Å². The van der Waals surface area contributed by atoms with Crippen LogP contribution in [0.15, 0.2) is 89.8 Å². The highest BCUT2D eigenvalue weighted by Crippen LogP contribution is 2.18. The molecule has 1 aliphatic heterocycles. The smallest absolute Gasteiger partial charge is 0.118 e. The van der Waals surface area contributed by atoms with Crippen molar-refractivity contribution in [1.29, 1.82) is 0 Å². The van der Waals surface area contributed by atoms with E-state index in [2.05, 4.69) is 83.5 Å². The van der Waals surface area contributed by atoms with Gasteiger partial charge in [-0.3, -0.25) is 4.90 Å². The number of methoxy groups -OCH3 is 1. The van der Waals surface area contributed by atoms with Crippen molar-refractivity contribution < 1.29 is 4.74 Å². The Bertz CT molecular complexity index is 767. The first-order valence-corrected chi connectivity index (χ1v) is 10.6. The monoisotopic (exact) mass is 406 g/mol. The summed E-state index contributed by atoms with van der Waals surface area (Å²) in [5.41, 5.74) is 2.66. The summed E-state index contributed by atoms with van der Waals surface area (Å²) >= 11 is 4.11. The molecule has 3 nitrogen and oxygen atoms in total. The lowest BCUT2D eigenvalue weighted by molar-refractivity contribution is 0.211. The van der Waals surface area contributed by atoms with E-state index in [9.17, 15) is 0 Å². The van der Waals surface area contributed by atoms with Gasteiger partial charge in [0.05, 0.1) is 7.11 Å². The predicted octanol–water partition coefficient (Wildman–Crippen LogP) is 5.75. The Hall–Kier alpha value is -2.43. The maximum atomic E-state index is 4.94. The zero-order valence-corrected chi connectivity index (χ0v) is 17.9. The molecule has 1 fully saturated rings. The Morgan fingerprint density at radius 1 is 0.862 bits per heavy atom. The maximum Gasteiger partial charge on any atom is 0.118 e. The Morgan fingerprint density at radius 2 is 1.45 bits per heavy atom. The minimum Gasteiger partial charge on any atom is -0.497 e. The number of nitrogens with zero attached hydrogens (tertiary/aromatic N) is 1. The molecule has 0 aromatic heterocycles. The number of ether oxygens (including phenoxy) is 1. The lowest BCUT2D eigenvalue weighted by Gasteiger charge is -2.32. The number of piperidine rings is 1. The fourth-order valence-corrected chi connectivity index (χ4v) is 3.58. The molecule has 1 saturated heterocycles. The average molecular weight is 407 g/mol. The van der Waals surface area contributed by atoms with Gasteiger partial charge in [0.1, 0.15) is 5.75 Å². The second kappa shape index (κ2) is 11.5. The van der Waals surface area contributed by atoms with Crippen LogP contribution in [0.25, 0.3) is 0 Å². The van der Waals surface area contributed by atoms with E-state index < -0.39 is 0 Å². The molecule has 4 rings (SSSR count). The summed E-state index contributed by atoms with van der Waals surface area (Å²) in [6, 6.07) is 29.5. The number of nitrogens with one attached hydrogen (secondary N) is 1. The molecular formula is C25H30N2OS. The van der Waals surface area contributed by atoms with Crippen molar-refractivity contribution in [2.24, 2.45) is 0 Å². The summed E-state index contributed by atoms with van der Waals surface area (Å²) in [6.07, 6.45) is 2.45. The van der Waals surface area contributed by atoms with Crippen LogP contribution in [0, 0.1) is 0 Å². The van der Waals surface area contributed by atoms with Crippen molar-refractivity contribution in [1.82, 2.24) is 4.90 Å². The van der Waals surface area contributed by atoms with Crippen LogP contribution in [-0.2, 0) is 6.54 Å². The van der Waals surface area contributed by atoms with Crippen LogP contribution in [0.4, 0.5) is 5.69 Å². The molecule has 0 bridgehead atoms. The molecule has 3 aromatic rings. The summed E-state index contributed by atoms with van der Waals surface area (Å²) in [5, 5.41) is 3.64. The van der Waals surface area contributed by atoms with Crippen LogP contribution in [-0.4, -0.2) is 31.1 Å². The van der Waals surface area contributed by atoms with Crippen molar-refractivity contribution in [3.8, 4) is 5.75 Å². The summed E-state index contributed by atoms with van der Waals surface area (Å²) < 4.78 is 4.94. The lowest BCUT2D eigenvalue weighted by atomic mass is 10.0. The number of para-hydroxylation sites is 1. The lowest BCUT2D eigenvalue weighted by Crippen LogP contribution is -2.38. The van der Waals surface area contributed by atoms with Gasteiger partial charge < -0.3 is 10.1 Å². The van der Waals surface area contributed by atoms with Crippen LogP contribution in [0.3, 0.4) is 0 Å². The largest absolute Gasteiger partial charge is 0.497 e. The molecule has 0 radical (unpaired) electrons. The second-order valence-electron chi connectivity index (χ2n) is 7.24. The van der Waals surface area contributed by atoms with Crippen LogP contribution in [0.1, 0.15) is 18.4 Å². The molecule has 0 spiro atoms. The van der Waals surface area contributed by atoms with E-state index in [0.717, 1.165) is 17.2 Å². The SMILES string of the molecule is COc1ccc(S)cc1.c1ccc(CN2CCC(Nc3ccccc3)CC2)cc1. The van der Waals surface area contributed by atoms with E-state index in [-0.39, 0.29) is 0 Å². The van der Waals surface area contributed by atoms with Gasteiger partial charge in [0.25, 0.3) is 0 Å². The first-order valence-electron chi connectivity index (χ1n) is 10.1. The highest BCUT2D eigenvalue weighted by Gasteiger charge is 2.18. The van der Waals surface area contributed by atoms with Crippen LogP contribution >= 0.6 is 12.6 Å². The van der Waals surface area contributed by atoms with E-state index in [1.165, 1.54) is 37.2 Å². The summed E-state index contributed by atoms with van der Waals surface area (Å²) in [6.45, 7) is 3.44. The standard InChI is InChI=1S/C18H22N2.C7H8OS/c1-3-7-16(8-4-1)15-20-13-11-18(12-14-20)19-17-9-5-2-6-10-17;1-8-6-2-4-7(9)5-3-6/h1-10,18-19H,11-15H2;2-5,9H,1H3. The van der Waals surface area contributed by atoms with Gasteiger partial charge in [0.15, 0.2) is 0 Å². The molecule has 152 valence electrons. The summed E-state index contributed by atoms with van der Waals surface area (Å²) in [7, 11) is 1.65. The number of likely N-dealkylation sites (tertiary alicyclic amines) is 1. The van der Waals surface area contributed by atoms with Gasteiger partial charge in [0.2, 0.25) is 0 Å². The highest BCUT2D eigenvalue weighted by molar-refractivity contribution is 7.80. The number of benzene rings is 3. The Balaban J connectivity index is 0.000000224. The van der Waals surface area contributed by atoms with Crippen molar-refractivity contribution in [3.05, 3.63) is 90.5 Å². The topological polar surface area (TPSA) is 24.5 Å². The second-order valence-corrected chi connectivity index (χ2v) is 7.76. The van der Waals surface area contributed by atoms with Gasteiger partial charge in [-0.1, -0.05) is 48.5 Å². The van der Waals surface area contributed by atoms with E-state index in [1.54, 1.807) is 7.11 Å². The summed E-state index contributed by atoms with van der Waals surface area (Å²) in [5.74, 6) is 0.868. The molecule has 0 amide bonds. The van der Waals surface area contributed by atoms with Crippen molar-refractivity contribution >= 4 is 18.3 Å². The van der Waals surface area contributed by atoms with Gasteiger partial charge in [0, 0.05) is 36.3 Å². The molecule has 0 aliphatic carbocycles. The molecule has 1 N–H and O–H groups in total. The maximum absolute atomic E-state index is 4.94. The van der Waals surface area contributed by atoms with Crippen molar-refractivity contribution in [3.63, 3.8) is 0 Å². The van der Waals surface area contributed by atoms with Crippen molar-refractivity contribution in [2.75, 3.05) is 25.5 Å². The third-order valence-electron chi connectivity index (χ3n) is 5.05. The molecule has 0 unspecified atom stereocenters. The third kappa shape index (κ3) is 7.48. The van der Waals surface area contributed by atoms with Gasteiger partial charge >= 0.3 is 0 Å². The molecule has 3 aromatic carbocycles. The molecule has 4 heteroatoms.